The average Bonchev–Trinajstić information content (AvgIpc) is 3.35. The molecule has 41 heavy (non-hydrogen) atoms. The largest absolute Gasteiger partial charge is 0.408 e. The Bertz CT molecular complexity index is 1250. The fraction of sp³-hybridized carbons (Fsp3) is 0.429. The van der Waals surface area contributed by atoms with Crippen LogP contribution in [0.25, 0.3) is 6.08 Å². The molecule has 0 aliphatic heterocycles. The number of aryl methyl sites for hydroxylation is 1. The summed E-state index contributed by atoms with van der Waals surface area (Å²) in [5.74, 6) is 0.179. The van der Waals surface area contributed by atoms with Crippen LogP contribution in [-0.4, -0.2) is 31.5 Å². The zero-order valence-electron chi connectivity index (χ0n) is 26.0. The van der Waals surface area contributed by atoms with Gasteiger partial charge in [0.05, 0.1) is 22.4 Å². The Labute approximate surface area is 252 Å². The van der Waals surface area contributed by atoms with E-state index < -0.39 is 14.2 Å². The van der Waals surface area contributed by atoms with Crippen molar-refractivity contribution in [2.24, 2.45) is 11.8 Å². The Morgan fingerprint density at radius 3 is 2.07 bits per heavy atom. The van der Waals surface area contributed by atoms with Crippen LogP contribution in [0.5, 0.6) is 0 Å². The number of hydrogen-bond acceptors (Lipinski definition) is 5. The molecule has 0 amide bonds. The zero-order chi connectivity index (χ0) is 30.0. The number of aromatic nitrogens is 1. The summed E-state index contributed by atoms with van der Waals surface area (Å²) >= 11 is 1.66. The van der Waals surface area contributed by atoms with Crippen molar-refractivity contribution in [1.82, 2.24) is 4.98 Å². The van der Waals surface area contributed by atoms with Gasteiger partial charge in [-0.15, -0.1) is 11.3 Å². The average molecular weight is 590 g/mol. The number of hydrogen-bond donors (Lipinski definition) is 0. The summed E-state index contributed by atoms with van der Waals surface area (Å²) in [7, 11) is -3.21. The van der Waals surface area contributed by atoms with Crippen molar-refractivity contribution >= 4 is 42.6 Å². The minimum atomic E-state index is -3.21. The van der Waals surface area contributed by atoms with Crippen LogP contribution in [0.3, 0.4) is 0 Å². The van der Waals surface area contributed by atoms with Crippen LogP contribution in [0, 0.1) is 18.8 Å². The first-order valence-electron chi connectivity index (χ1n) is 14.7. The monoisotopic (exact) mass is 589 g/mol. The van der Waals surface area contributed by atoms with Crippen LogP contribution < -0.4 is 10.4 Å². The third-order valence-electron chi connectivity index (χ3n) is 7.00. The van der Waals surface area contributed by atoms with Crippen LogP contribution in [0.1, 0.15) is 78.4 Å². The molecule has 0 aliphatic carbocycles. The van der Waals surface area contributed by atoms with Crippen LogP contribution in [0.15, 0.2) is 83.3 Å². The molecule has 0 unspecified atom stereocenters. The second-order valence-corrected chi connectivity index (χ2v) is 16.0. The molecule has 1 heterocycles. The summed E-state index contributed by atoms with van der Waals surface area (Å²) in [6, 6.07) is 20.9. The minimum Gasteiger partial charge on any atom is -0.383 e. The molecule has 0 fully saturated rings. The Hall–Kier alpha value is -2.64. The Kier molecular flexibility index (Phi) is 12.0. The van der Waals surface area contributed by atoms with Gasteiger partial charge in [0, 0.05) is 17.2 Å². The fourth-order valence-electron chi connectivity index (χ4n) is 5.14. The molecule has 0 aliphatic rings. The van der Waals surface area contributed by atoms with Crippen molar-refractivity contribution in [3.63, 3.8) is 0 Å². The van der Waals surface area contributed by atoms with Gasteiger partial charge in [0.1, 0.15) is 6.29 Å². The Balaban J connectivity index is 2.12. The predicted octanol–water partition coefficient (Wildman–Crippen LogP) is 7.90. The van der Waals surface area contributed by atoms with Gasteiger partial charge in [-0.3, -0.25) is 0 Å². The van der Waals surface area contributed by atoms with Crippen molar-refractivity contribution in [3.8, 4) is 0 Å². The molecule has 0 radical (unpaired) electrons. The Morgan fingerprint density at radius 1 is 1.00 bits per heavy atom. The molecular weight excluding hydrogens is 543 g/mol. The first kappa shape index (κ1) is 32.9. The highest BCUT2D eigenvalue weighted by Gasteiger charge is 2.48. The van der Waals surface area contributed by atoms with Crippen molar-refractivity contribution < 1.29 is 13.6 Å². The molecule has 0 bridgehead atoms. The summed E-state index contributed by atoms with van der Waals surface area (Å²) in [6.07, 6.45) is 8.16. The standard InChI is InChI=1S/C35H47NO3SSi/c1-26(16-15-17-27(2)24-37)22-28(3)34(29(4)23-31-25-40-30(5)36-31)38-41(39-35(6,7)8,32-18-11-9-12-19-32)33-20-13-10-14-21-33/h9-14,18-25,27-28,34H,15-17H2,1-8H3/b26-22+,29-23+/t27-,28-,34-/m0/s1. The molecule has 0 saturated heterocycles. The second kappa shape index (κ2) is 15.0. The first-order valence-corrected chi connectivity index (χ1v) is 17.3. The molecule has 3 aromatic rings. The molecule has 0 spiro atoms. The molecule has 6 heteroatoms. The first-order chi connectivity index (χ1) is 19.4. The molecule has 220 valence electrons. The van der Waals surface area contributed by atoms with Crippen LogP contribution >= 0.6 is 11.3 Å². The van der Waals surface area contributed by atoms with E-state index in [-0.39, 0.29) is 17.9 Å². The number of benzene rings is 2. The van der Waals surface area contributed by atoms with Gasteiger partial charge in [0.25, 0.3) is 0 Å². The highest BCUT2D eigenvalue weighted by atomic mass is 32.1. The maximum atomic E-state index is 11.1. The van der Waals surface area contributed by atoms with E-state index in [4.69, 9.17) is 13.8 Å². The SMILES string of the molecule is C/C(=C\[C@H](C)[C@H](O[Si](OC(C)(C)C)(c1ccccc1)c1ccccc1)/C(C)=C/c1csc(C)n1)CCC[C@H](C)C=O. The number of nitrogens with zero attached hydrogens (tertiary/aromatic N) is 1. The normalized spacial score (nSPS) is 15.4. The van der Waals surface area contributed by atoms with Crippen molar-refractivity contribution in [3.05, 3.63) is 94.0 Å². The van der Waals surface area contributed by atoms with Gasteiger partial charge in [-0.2, -0.15) is 0 Å². The third kappa shape index (κ3) is 9.71. The number of carbonyl (C=O) groups is 1. The van der Waals surface area contributed by atoms with Crippen molar-refractivity contribution in [2.75, 3.05) is 0 Å². The minimum absolute atomic E-state index is 0.0809. The molecule has 4 nitrogen and oxygen atoms in total. The lowest BCUT2D eigenvalue weighted by molar-refractivity contribution is -0.110. The molecule has 3 rings (SSSR count). The Morgan fingerprint density at radius 2 is 1.59 bits per heavy atom. The maximum absolute atomic E-state index is 11.1. The molecular formula is C35H47NO3SSi. The van der Waals surface area contributed by atoms with Crippen molar-refractivity contribution in [2.45, 2.75) is 86.4 Å². The summed E-state index contributed by atoms with van der Waals surface area (Å²) in [6.45, 7) is 16.9. The van der Waals surface area contributed by atoms with E-state index in [1.807, 2.05) is 26.0 Å². The van der Waals surface area contributed by atoms with E-state index >= 15 is 0 Å². The third-order valence-corrected chi connectivity index (χ3v) is 11.5. The highest BCUT2D eigenvalue weighted by molar-refractivity contribution is 7.09. The lowest BCUT2D eigenvalue weighted by atomic mass is 9.94. The molecule has 2 aromatic carbocycles. The van der Waals surface area contributed by atoms with E-state index in [1.54, 1.807) is 11.3 Å². The number of carbonyl (C=O) groups excluding carboxylic acids is 1. The molecule has 0 N–H and O–H groups in total. The summed E-state index contributed by atoms with van der Waals surface area (Å²) in [5, 5.41) is 5.31. The lowest BCUT2D eigenvalue weighted by Gasteiger charge is -2.41. The van der Waals surface area contributed by atoms with E-state index in [9.17, 15) is 4.79 Å². The maximum Gasteiger partial charge on any atom is 0.408 e. The van der Waals surface area contributed by atoms with E-state index in [1.165, 1.54) is 5.57 Å². The van der Waals surface area contributed by atoms with Crippen LogP contribution in [0.2, 0.25) is 0 Å². The quantitative estimate of drug-likeness (QED) is 0.109. The van der Waals surface area contributed by atoms with Gasteiger partial charge in [0.15, 0.2) is 0 Å². The van der Waals surface area contributed by atoms with E-state index in [0.717, 1.165) is 52.2 Å². The van der Waals surface area contributed by atoms with Gasteiger partial charge in [-0.1, -0.05) is 86.2 Å². The number of rotatable bonds is 14. The van der Waals surface area contributed by atoms with Gasteiger partial charge < -0.3 is 13.6 Å². The smallest absolute Gasteiger partial charge is 0.383 e. The van der Waals surface area contributed by atoms with Crippen molar-refractivity contribution in [1.29, 1.82) is 0 Å². The fourth-order valence-corrected chi connectivity index (χ4v) is 9.48. The second-order valence-electron chi connectivity index (χ2n) is 12.2. The number of aldehydes is 1. The van der Waals surface area contributed by atoms with Gasteiger partial charge in [0.2, 0.25) is 0 Å². The molecule has 3 atom stereocenters. The summed E-state index contributed by atoms with van der Waals surface area (Å²) in [5.41, 5.74) is 2.95. The predicted molar refractivity (Wildman–Crippen MR) is 176 cm³/mol. The number of thiazole rings is 1. The number of allylic oxidation sites excluding steroid dienone is 1. The van der Waals surface area contributed by atoms with E-state index in [2.05, 4.69) is 108 Å². The van der Waals surface area contributed by atoms with Gasteiger partial charge in [-0.05, 0) is 82.8 Å². The zero-order valence-corrected chi connectivity index (χ0v) is 27.8. The van der Waals surface area contributed by atoms with Gasteiger partial charge in [-0.25, -0.2) is 4.98 Å². The summed E-state index contributed by atoms with van der Waals surface area (Å²) in [4.78, 5) is 15.8. The van der Waals surface area contributed by atoms with E-state index in [0.29, 0.717) is 0 Å². The lowest BCUT2D eigenvalue weighted by Crippen LogP contribution is -2.67. The van der Waals surface area contributed by atoms with Crippen LogP contribution in [-0.2, 0) is 13.6 Å². The topological polar surface area (TPSA) is 48.4 Å². The van der Waals surface area contributed by atoms with Gasteiger partial charge >= 0.3 is 8.56 Å². The molecule has 1 aromatic heterocycles. The molecule has 0 saturated carbocycles. The van der Waals surface area contributed by atoms with Crippen LogP contribution in [0.4, 0.5) is 0 Å². The highest BCUT2D eigenvalue weighted by Crippen LogP contribution is 2.29. The summed E-state index contributed by atoms with van der Waals surface area (Å²) < 4.78 is 14.6.